The van der Waals surface area contributed by atoms with Crippen LogP contribution in [0, 0.1) is 0 Å². The predicted octanol–water partition coefficient (Wildman–Crippen LogP) is 2.54. The first-order chi connectivity index (χ1) is 9.29. The first kappa shape index (κ1) is 14.8. The van der Waals surface area contributed by atoms with Crippen molar-refractivity contribution >= 4 is 12.0 Å². The van der Waals surface area contributed by atoms with E-state index >= 15 is 0 Å². The summed E-state index contributed by atoms with van der Waals surface area (Å²) in [5, 5.41) is 9.88. The third kappa shape index (κ3) is 4.78. The zero-order valence-corrected chi connectivity index (χ0v) is 11.8. The molecule has 1 fully saturated rings. The van der Waals surface area contributed by atoms with Crippen LogP contribution in [-0.2, 0) is 13.7 Å². The number of hydrogen-bond acceptors (Lipinski definition) is 5. The smallest absolute Gasteiger partial charge is 0.181 e. The van der Waals surface area contributed by atoms with Crippen molar-refractivity contribution in [3.63, 3.8) is 0 Å². The van der Waals surface area contributed by atoms with Crippen molar-refractivity contribution in [2.45, 2.75) is 31.3 Å². The van der Waals surface area contributed by atoms with Crippen molar-refractivity contribution in [1.82, 2.24) is 0 Å². The molecule has 0 aliphatic carbocycles. The highest BCUT2D eigenvalue weighted by Gasteiger charge is 2.23. The SMILES string of the molecule is CSOC1CCC(COC(O)c2ccccc2)OC1. The van der Waals surface area contributed by atoms with Crippen LogP contribution < -0.4 is 0 Å². The summed E-state index contributed by atoms with van der Waals surface area (Å²) in [6.07, 6.45) is 3.10. The number of aliphatic hydroxyl groups excluding tert-OH is 1. The average molecular weight is 284 g/mol. The third-order valence-electron chi connectivity index (χ3n) is 3.09. The maximum Gasteiger partial charge on any atom is 0.181 e. The molecule has 0 amide bonds. The summed E-state index contributed by atoms with van der Waals surface area (Å²) in [5.41, 5.74) is 0.766. The minimum atomic E-state index is -0.884. The van der Waals surface area contributed by atoms with Crippen LogP contribution in [0.1, 0.15) is 24.7 Å². The Balaban J connectivity index is 1.69. The lowest BCUT2D eigenvalue weighted by Gasteiger charge is -2.28. The molecule has 1 aliphatic heterocycles. The van der Waals surface area contributed by atoms with Crippen molar-refractivity contribution in [1.29, 1.82) is 0 Å². The topological polar surface area (TPSA) is 47.9 Å². The molecule has 1 aromatic rings. The zero-order valence-electron chi connectivity index (χ0n) is 11.0. The predicted molar refractivity (Wildman–Crippen MR) is 74.7 cm³/mol. The summed E-state index contributed by atoms with van der Waals surface area (Å²) < 4.78 is 16.5. The lowest BCUT2D eigenvalue weighted by Crippen LogP contribution is -2.33. The Morgan fingerprint density at radius 3 is 2.79 bits per heavy atom. The van der Waals surface area contributed by atoms with Crippen LogP contribution in [0.15, 0.2) is 30.3 Å². The van der Waals surface area contributed by atoms with Gasteiger partial charge in [0.05, 0.1) is 25.4 Å². The van der Waals surface area contributed by atoms with E-state index in [-0.39, 0.29) is 12.2 Å². The number of benzene rings is 1. The van der Waals surface area contributed by atoms with E-state index in [0.29, 0.717) is 13.2 Å². The fourth-order valence-corrected chi connectivity index (χ4v) is 2.46. The minimum absolute atomic E-state index is 0.0417. The third-order valence-corrected chi connectivity index (χ3v) is 3.55. The van der Waals surface area contributed by atoms with Gasteiger partial charge in [-0.1, -0.05) is 30.3 Å². The van der Waals surface area contributed by atoms with E-state index in [0.717, 1.165) is 18.4 Å². The molecule has 1 saturated heterocycles. The van der Waals surface area contributed by atoms with Gasteiger partial charge in [0, 0.05) is 11.8 Å². The second-order valence-corrected chi connectivity index (χ2v) is 5.04. The number of aliphatic hydroxyl groups is 1. The van der Waals surface area contributed by atoms with Crippen LogP contribution in [0.4, 0.5) is 0 Å². The van der Waals surface area contributed by atoms with Crippen LogP contribution in [0.2, 0.25) is 0 Å². The molecule has 0 spiro atoms. The minimum Gasteiger partial charge on any atom is -0.373 e. The molecule has 4 nitrogen and oxygen atoms in total. The molecule has 1 aromatic carbocycles. The van der Waals surface area contributed by atoms with Crippen molar-refractivity contribution in [2.75, 3.05) is 19.5 Å². The average Bonchev–Trinajstić information content (AvgIpc) is 2.47. The maximum absolute atomic E-state index is 9.88. The number of hydrogen-bond donors (Lipinski definition) is 1. The van der Waals surface area contributed by atoms with Gasteiger partial charge in [0.1, 0.15) is 0 Å². The van der Waals surface area contributed by atoms with E-state index in [1.54, 1.807) is 0 Å². The molecule has 0 radical (unpaired) electrons. The summed E-state index contributed by atoms with van der Waals surface area (Å²) in [6.45, 7) is 0.998. The Morgan fingerprint density at radius 1 is 1.37 bits per heavy atom. The summed E-state index contributed by atoms with van der Waals surface area (Å²) in [5.74, 6) is 0. The monoisotopic (exact) mass is 284 g/mol. The molecule has 3 atom stereocenters. The van der Waals surface area contributed by atoms with Gasteiger partial charge in [-0.05, 0) is 24.9 Å². The van der Waals surface area contributed by atoms with Gasteiger partial charge in [0.25, 0.3) is 0 Å². The molecule has 1 aliphatic rings. The van der Waals surface area contributed by atoms with Gasteiger partial charge in [-0.15, -0.1) is 0 Å². The van der Waals surface area contributed by atoms with Gasteiger partial charge in [-0.25, -0.2) is 0 Å². The van der Waals surface area contributed by atoms with E-state index < -0.39 is 6.29 Å². The van der Waals surface area contributed by atoms with Gasteiger partial charge in [-0.2, -0.15) is 0 Å². The molecule has 0 aromatic heterocycles. The molecule has 1 N–H and O–H groups in total. The fourth-order valence-electron chi connectivity index (χ4n) is 2.04. The van der Waals surface area contributed by atoms with Gasteiger partial charge in [0.15, 0.2) is 6.29 Å². The molecule has 0 bridgehead atoms. The normalized spacial score (nSPS) is 25.2. The van der Waals surface area contributed by atoms with E-state index in [1.807, 2.05) is 36.6 Å². The summed E-state index contributed by atoms with van der Waals surface area (Å²) >= 11 is 1.37. The van der Waals surface area contributed by atoms with Crippen LogP contribution in [0.25, 0.3) is 0 Å². The zero-order chi connectivity index (χ0) is 13.5. The molecule has 106 valence electrons. The van der Waals surface area contributed by atoms with Crippen LogP contribution in [0.3, 0.4) is 0 Å². The molecule has 1 heterocycles. The van der Waals surface area contributed by atoms with Crippen LogP contribution >= 0.6 is 12.0 Å². The molecule has 2 rings (SSSR count). The van der Waals surface area contributed by atoms with Crippen molar-refractivity contribution in [3.8, 4) is 0 Å². The Morgan fingerprint density at radius 2 is 2.16 bits per heavy atom. The fraction of sp³-hybridized carbons (Fsp3) is 0.571. The summed E-state index contributed by atoms with van der Waals surface area (Å²) in [6, 6.07) is 9.35. The first-order valence-electron chi connectivity index (χ1n) is 6.45. The summed E-state index contributed by atoms with van der Waals surface area (Å²) in [4.78, 5) is 0. The number of rotatable bonds is 6. The van der Waals surface area contributed by atoms with Crippen molar-refractivity contribution in [2.24, 2.45) is 0 Å². The first-order valence-corrected chi connectivity index (χ1v) is 7.60. The van der Waals surface area contributed by atoms with Gasteiger partial charge < -0.3 is 18.8 Å². The standard InChI is InChI=1S/C14H20O4S/c1-19-18-13-8-7-12(16-10-13)9-17-14(15)11-5-3-2-4-6-11/h2-6,12-15H,7-10H2,1H3. The molecule has 19 heavy (non-hydrogen) atoms. The van der Waals surface area contributed by atoms with Gasteiger partial charge in [-0.3, -0.25) is 0 Å². The summed E-state index contributed by atoms with van der Waals surface area (Å²) in [7, 11) is 0. The molecular weight excluding hydrogens is 264 g/mol. The highest BCUT2D eigenvalue weighted by Crippen LogP contribution is 2.21. The van der Waals surface area contributed by atoms with Crippen molar-refractivity contribution < 1.29 is 18.8 Å². The van der Waals surface area contributed by atoms with Crippen LogP contribution in [-0.4, -0.2) is 36.8 Å². The van der Waals surface area contributed by atoms with Crippen molar-refractivity contribution in [3.05, 3.63) is 35.9 Å². The second kappa shape index (κ2) is 7.87. The lowest BCUT2D eigenvalue weighted by molar-refractivity contribution is -0.148. The molecule has 0 saturated carbocycles. The van der Waals surface area contributed by atoms with E-state index in [1.165, 1.54) is 12.0 Å². The molecule has 5 heteroatoms. The molecule has 3 unspecified atom stereocenters. The second-order valence-electron chi connectivity index (χ2n) is 4.51. The van der Waals surface area contributed by atoms with Gasteiger partial charge in [0.2, 0.25) is 0 Å². The maximum atomic E-state index is 9.88. The lowest BCUT2D eigenvalue weighted by atomic mass is 10.1. The van der Waals surface area contributed by atoms with E-state index in [2.05, 4.69) is 0 Å². The molecular formula is C14H20O4S. The van der Waals surface area contributed by atoms with E-state index in [4.69, 9.17) is 13.7 Å². The highest BCUT2D eigenvalue weighted by atomic mass is 32.2. The quantitative estimate of drug-likeness (QED) is 0.642. The largest absolute Gasteiger partial charge is 0.373 e. The Labute approximate surface area is 118 Å². The Hall–Kier alpha value is -0.590. The Bertz CT molecular complexity index is 352. The van der Waals surface area contributed by atoms with Crippen LogP contribution in [0.5, 0.6) is 0 Å². The van der Waals surface area contributed by atoms with E-state index in [9.17, 15) is 5.11 Å². The Kier molecular flexibility index (Phi) is 6.13. The highest BCUT2D eigenvalue weighted by molar-refractivity contribution is 7.93. The number of ether oxygens (including phenoxy) is 2. The van der Waals surface area contributed by atoms with Gasteiger partial charge >= 0.3 is 0 Å².